The van der Waals surface area contributed by atoms with Crippen LogP contribution in [0.1, 0.15) is 16.8 Å². The zero-order valence-electron chi connectivity index (χ0n) is 14.2. The van der Waals surface area contributed by atoms with E-state index in [0.29, 0.717) is 18.5 Å². The van der Waals surface area contributed by atoms with Crippen molar-refractivity contribution in [3.63, 3.8) is 0 Å². The van der Waals surface area contributed by atoms with Crippen LogP contribution in [0.3, 0.4) is 0 Å². The van der Waals surface area contributed by atoms with Crippen molar-refractivity contribution in [1.29, 1.82) is 0 Å². The Morgan fingerprint density at radius 3 is 2.65 bits per heavy atom. The second-order valence-corrected chi connectivity index (χ2v) is 7.10. The summed E-state index contributed by atoms with van der Waals surface area (Å²) >= 11 is 1.35. The van der Waals surface area contributed by atoms with Gasteiger partial charge < -0.3 is 15.3 Å². The number of benzene rings is 1. The molecule has 0 saturated carbocycles. The molecule has 2 atom stereocenters. The maximum Gasteiger partial charge on any atom is 0.253 e. The third-order valence-electron chi connectivity index (χ3n) is 4.23. The summed E-state index contributed by atoms with van der Waals surface area (Å²) in [5.74, 6) is 0.0000546. The van der Waals surface area contributed by atoms with E-state index in [-0.39, 0.29) is 30.2 Å². The van der Waals surface area contributed by atoms with Crippen LogP contribution in [-0.4, -0.2) is 57.8 Å². The Morgan fingerprint density at radius 2 is 1.96 bits per heavy atom. The van der Waals surface area contributed by atoms with E-state index in [2.05, 4.69) is 10.3 Å². The van der Waals surface area contributed by atoms with Crippen molar-refractivity contribution in [1.82, 2.24) is 15.2 Å². The van der Waals surface area contributed by atoms with Crippen molar-refractivity contribution in [2.24, 2.45) is 0 Å². The summed E-state index contributed by atoms with van der Waals surface area (Å²) < 4.78 is 0. The predicted octanol–water partition coefficient (Wildman–Crippen LogP) is 1.57. The molecular formula is C19H21N3O3S. The summed E-state index contributed by atoms with van der Waals surface area (Å²) in [4.78, 5) is 30.4. The van der Waals surface area contributed by atoms with Crippen molar-refractivity contribution in [2.75, 3.05) is 18.8 Å². The first-order valence-corrected chi connectivity index (χ1v) is 9.47. The van der Waals surface area contributed by atoms with Gasteiger partial charge >= 0.3 is 0 Å². The molecule has 1 fully saturated rings. The fourth-order valence-corrected chi connectivity index (χ4v) is 3.54. The molecule has 1 aliphatic heterocycles. The number of β-amino-alcohol motifs (C(OH)–C–C–N with tert-alkyl or cyclic N) is 1. The van der Waals surface area contributed by atoms with Gasteiger partial charge in [0.25, 0.3) is 5.91 Å². The average Bonchev–Trinajstić information content (AvgIpc) is 2.69. The molecule has 0 aliphatic carbocycles. The van der Waals surface area contributed by atoms with Crippen LogP contribution in [0.25, 0.3) is 0 Å². The number of amides is 2. The SMILES string of the molecule is O=C(CSc1ccccn1)N[C@@H]1CCN(C(=O)c2ccccc2)C[C@H]1O. The molecule has 2 N–H and O–H groups in total. The van der Waals surface area contributed by atoms with Crippen molar-refractivity contribution in [3.05, 3.63) is 60.3 Å². The largest absolute Gasteiger partial charge is 0.389 e. The molecule has 2 heterocycles. The Hall–Kier alpha value is -2.38. The van der Waals surface area contributed by atoms with Crippen molar-refractivity contribution < 1.29 is 14.7 Å². The van der Waals surface area contributed by atoms with Crippen LogP contribution in [0.2, 0.25) is 0 Å². The average molecular weight is 371 g/mol. The molecule has 1 aliphatic rings. The van der Waals surface area contributed by atoms with E-state index in [4.69, 9.17) is 0 Å². The Morgan fingerprint density at radius 1 is 1.19 bits per heavy atom. The first-order chi connectivity index (χ1) is 12.6. The summed E-state index contributed by atoms with van der Waals surface area (Å²) in [7, 11) is 0. The fraction of sp³-hybridized carbons (Fsp3) is 0.316. The van der Waals surface area contributed by atoms with Gasteiger partial charge in [-0.25, -0.2) is 4.98 Å². The molecule has 0 radical (unpaired) electrons. The molecular weight excluding hydrogens is 350 g/mol. The highest BCUT2D eigenvalue weighted by atomic mass is 32.2. The number of aliphatic hydroxyl groups excluding tert-OH is 1. The van der Waals surface area contributed by atoms with E-state index in [1.165, 1.54) is 11.8 Å². The molecule has 26 heavy (non-hydrogen) atoms. The van der Waals surface area contributed by atoms with E-state index >= 15 is 0 Å². The van der Waals surface area contributed by atoms with Gasteiger partial charge in [-0.1, -0.05) is 36.0 Å². The van der Waals surface area contributed by atoms with Crippen LogP contribution in [0.15, 0.2) is 59.8 Å². The molecule has 1 aromatic heterocycles. The van der Waals surface area contributed by atoms with Crippen molar-refractivity contribution in [3.8, 4) is 0 Å². The van der Waals surface area contributed by atoms with Crippen molar-refractivity contribution >= 4 is 23.6 Å². The summed E-state index contributed by atoms with van der Waals surface area (Å²) in [5.41, 5.74) is 0.606. The molecule has 0 unspecified atom stereocenters. The number of rotatable bonds is 5. The first-order valence-electron chi connectivity index (χ1n) is 8.49. The number of carbonyl (C=O) groups excluding carboxylic acids is 2. The monoisotopic (exact) mass is 371 g/mol. The van der Waals surface area contributed by atoms with Crippen LogP contribution in [0.5, 0.6) is 0 Å². The molecule has 0 bridgehead atoms. The lowest BCUT2D eigenvalue weighted by atomic mass is 10.0. The number of nitrogens with zero attached hydrogens (tertiary/aromatic N) is 2. The van der Waals surface area contributed by atoms with Gasteiger partial charge in [0.15, 0.2) is 0 Å². The van der Waals surface area contributed by atoms with E-state index in [1.807, 2.05) is 36.4 Å². The number of aromatic nitrogens is 1. The second kappa shape index (κ2) is 8.82. The third-order valence-corrected chi connectivity index (χ3v) is 5.17. The quantitative estimate of drug-likeness (QED) is 0.780. The van der Waals surface area contributed by atoms with Crippen LogP contribution in [-0.2, 0) is 4.79 Å². The van der Waals surface area contributed by atoms with Gasteiger partial charge in [-0.15, -0.1) is 0 Å². The van der Waals surface area contributed by atoms with Gasteiger partial charge in [-0.05, 0) is 30.7 Å². The van der Waals surface area contributed by atoms with E-state index in [0.717, 1.165) is 5.03 Å². The number of carbonyl (C=O) groups is 2. The molecule has 3 rings (SSSR count). The summed E-state index contributed by atoms with van der Waals surface area (Å²) in [6.45, 7) is 0.717. The smallest absolute Gasteiger partial charge is 0.253 e. The number of likely N-dealkylation sites (tertiary alicyclic amines) is 1. The maximum absolute atomic E-state index is 12.5. The first kappa shape index (κ1) is 18.4. The molecule has 1 saturated heterocycles. The standard InChI is InChI=1S/C19H21N3O3S/c23-16-12-22(19(25)14-6-2-1-3-7-14)11-9-15(16)21-17(24)13-26-18-8-4-5-10-20-18/h1-8,10,15-16,23H,9,11-13H2,(H,21,24)/t15-,16-/m1/s1. The Labute approximate surface area is 156 Å². The minimum atomic E-state index is -0.778. The summed E-state index contributed by atoms with van der Waals surface area (Å²) in [6, 6.07) is 14.2. The highest BCUT2D eigenvalue weighted by Gasteiger charge is 2.31. The molecule has 7 heteroatoms. The maximum atomic E-state index is 12.5. The normalized spacial score (nSPS) is 19.8. The van der Waals surface area contributed by atoms with Gasteiger partial charge in [0.05, 0.1) is 22.9 Å². The molecule has 0 spiro atoms. The molecule has 136 valence electrons. The van der Waals surface area contributed by atoms with E-state index in [9.17, 15) is 14.7 Å². The lowest BCUT2D eigenvalue weighted by Crippen LogP contribution is -2.55. The van der Waals surface area contributed by atoms with E-state index in [1.54, 1.807) is 23.2 Å². The topological polar surface area (TPSA) is 82.5 Å². The second-order valence-electron chi connectivity index (χ2n) is 6.10. The van der Waals surface area contributed by atoms with Gasteiger partial charge in [0, 0.05) is 24.8 Å². The number of hydrogen-bond donors (Lipinski definition) is 2. The zero-order valence-corrected chi connectivity index (χ0v) is 15.1. The number of pyridine rings is 1. The Balaban J connectivity index is 1.48. The van der Waals surface area contributed by atoms with Gasteiger partial charge in [-0.3, -0.25) is 9.59 Å². The molecule has 6 nitrogen and oxygen atoms in total. The number of hydrogen-bond acceptors (Lipinski definition) is 5. The van der Waals surface area contributed by atoms with Crippen LogP contribution >= 0.6 is 11.8 Å². The number of piperidine rings is 1. The Bertz CT molecular complexity index is 742. The number of aliphatic hydroxyl groups is 1. The summed E-state index contributed by atoms with van der Waals surface area (Å²) in [6.07, 6.45) is 1.43. The van der Waals surface area contributed by atoms with Gasteiger partial charge in [0.2, 0.25) is 5.91 Å². The number of nitrogens with one attached hydrogen (secondary N) is 1. The van der Waals surface area contributed by atoms with E-state index < -0.39 is 6.10 Å². The molecule has 2 aromatic rings. The predicted molar refractivity (Wildman–Crippen MR) is 99.9 cm³/mol. The zero-order chi connectivity index (χ0) is 18.4. The van der Waals surface area contributed by atoms with Crippen LogP contribution in [0.4, 0.5) is 0 Å². The number of thioether (sulfide) groups is 1. The summed E-state index contributed by atoms with van der Waals surface area (Å²) in [5, 5.41) is 14.0. The van der Waals surface area contributed by atoms with Crippen LogP contribution in [0, 0.1) is 0 Å². The van der Waals surface area contributed by atoms with Crippen LogP contribution < -0.4 is 5.32 Å². The van der Waals surface area contributed by atoms with Crippen molar-refractivity contribution in [2.45, 2.75) is 23.6 Å². The molecule has 1 aromatic carbocycles. The van der Waals surface area contributed by atoms with Gasteiger partial charge in [-0.2, -0.15) is 0 Å². The molecule has 2 amide bonds. The minimum absolute atomic E-state index is 0.0971. The highest BCUT2D eigenvalue weighted by molar-refractivity contribution is 7.99. The lowest BCUT2D eigenvalue weighted by Gasteiger charge is -2.36. The van der Waals surface area contributed by atoms with Gasteiger partial charge in [0.1, 0.15) is 0 Å². The highest BCUT2D eigenvalue weighted by Crippen LogP contribution is 2.16. The third kappa shape index (κ3) is 4.83. The Kier molecular flexibility index (Phi) is 6.25. The lowest BCUT2D eigenvalue weighted by molar-refractivity contribution is -0.120. The minimum Gasteiger partial charge on any atom is -0.389 e. The fourth-order valence-electron chi connectivity index (χ4n) is 2.87.